The molecule has 1 N–H and O–H groups in total. The minimum absolute atomic E-state index is 0.0628. The Hall–Kier alpha value is -2.07. The van der Waals surface area contributed by atoms with Crippen LogP contribution in [0.5, 0.6) is 0 Å². The molecule has 0 aromatic heterocycles. The van der Waals surface area contributed by atoms with Crippen LogP contribution in [0.4, 0.5) is 0 Å². The molecule has 1 rings (SSSR count). The van der Waals surface area contributed by atoms with Gasteiger partial charge < -0.3 is 5.11 Å². The number of ketones is 3. The third-order valence-electron chi connectivity index (χ3n) is 8.13. The molecule has 0 aromatic rings. The average molecular weight is 527 g/mol. The second-order valence-corrected chi connectivity index (χ2v) is 13.1. The summed E-state index contributed by atoms with van der Waals surface area (Å²) in [7, 11) is 0. The van der Waals surface area contributed by atoms with Crippen LogP contribution < -0.4 is 0 Å². The average Bonchev–Trinajstić information content (AvgIpc) is 2.80. The Morgan fingerprint density at radius 2 is 1.34 bits per heavy atom. The molecule has 0 aromatic carbocycles. The molecule has 0 heterocycles. The van der Waals surface area contributed by atoms with Crippen molar-refractivity contribution in [3.8, 4) is 0 Å². The molecule has 38 heavy (non-hydrogen) atoms. The van der Waals surface area contributed by atoms with E-state index in [9.17, 15) is 19.5 Å². The van der Waals surface area contributed by atoms with Gasteiger partial charge in [-0.15, -0.1) is 0 Å². The number of hydrogen-bond acceptors (Lipinski definition) is 4. The maximum absolute atomic E-state index is 14.5. The fraction of sp³-hybridized carbons (Fsp3) is 0.676. The Morgan fingerprint density at radius 1 is 0.842 bits per heavy atom. The fourth-order valence-corrected chi connectivity index (χ4v) is 5.64. The topological polar surface area (TPSA) is 71.4 Å². The Balaban J connectivity index is 4.01. The van der Waals surface area contributed by atoms with Gasteiger partial charge in [0.05, 0.1) is 5.92 Å². The summed E-state index contributed by atoms with van der Waals surface area (Å²) in [6.07, 6.45) is 11.1. The summed E-state index contributed by atoms with van der Waals surface area (Å²) in [5.41, 5.74) is 1.45. The van der Waals surface area contributed by atoms with Gasteiger partial charge in [-0.25, -0.2) is 0 Å². The number of carbonyl (C=O) groups excluding carboxylic acids is 3. The van der Waals surface area contributed by atoms with E-state index in [1.807, 2.05) is 47.6 Å². The number of rotatable bonds is 11. The first-order valence-corrected chi connectivity index (χ1v) is 14.4. The van der Waals surface area contributed by atoms with Gasteiger partial charge in [0.25, 0.3) is 0 Å². The molecule has 0 aliphatic heterocycles. The van der Waals surface area contributed by atoms with Crippen LogP contribution in [-0.4, -0.2) is 28.1 Å². The van der Waals surface area contributed by atoms with E-state index < -0.39 is 34.4 Å². The van der Waals surface area contributed by atoms with E-state index in [4.69, 9.17) is 0 Å². The van der Waals surface area contributed by atoms with E-state index >= 15 is 0 Å². The lowest BCUT2D eigenvalue weighted by Gasteiger charge is -2.48. The third-order valence-corrected chi connectivity index (χ3v) is 8.13. The van der Waals surface area contributed by atoms with Crippen molar-refractivity contribution in [1.82, 2.24) is 0 Å². The van der Waals surface area contributed by atoms with Crippen molar-refractivity contribution < 1.29 is 19.5 Å². The highest BCUT2D eigenvalue weighted by molar-refractivity contribution is 6.18. The van der Waals surface area contributed by atoms with Gasteiger partial charge in [-0.05, 0) is 98.8 Å². The maximum Gasteiger partial charge on any atom is 0.185 e. The van der Waals surface area contributed by atoms with Gasteiger partial charge in [-0.2, -0.15) is 0 Å². The predicted octanol–water partition coefficient (Wildman–Crippen LogP) is 8.15. The van der Waals surface area contributed by atoms with Gasteiger partial charge in [-0.1, -0.05) is 67.4 Å². The zero-order chi connectivity index (χ0) is 29.4. The van der Waals surface area contributed by atoms with Crippen LogP contribution in [0.3, 0.4) is 0 Å². The predicted molar refractivity (Wildman–Crippen MR) is 159 cm³/mol. The van der Waals surface area contributed by atoms with Crippen LogP contribution in [0.2, 0.25) is 0 Å². The lowest BCUT2D eigenvalue weighted by molar-refractivity contribution is -0.166. The first-order chi connectivity index (χ1) is 17.5. The number of carbonyl (C=O) groups is 3. The van der Waals surface area contributed by atoms with Gasteiger partial charge in [-0.3, -0.25) is 14.4 Å². The molecular weight excluding hydrogens is 472 g/mol. The number of hydrogen-bond donors (Lipinski definition) is 1. The summed E-state index contributed by atoms with van der Waals surface area (Å²) in [6, 6.07) is 0. The summed E-state index contributed by atoms with van der Waals surface area (Å²) in [5, 5.41) is 12.0. The first-order valence-electron chi connectivity index (χ1n) is 14.4. The van der Waals surface area contributed by atoms with Crippen molar-refractivity contribution in [2.45, 2.75) is 120 Å². The van der Waals surface area contributed by atoms with E-state index in [0.29, 0.717) is 25.7 Å². The van der Waals surface area contributed by atoms with E-state index in [1.54, 1.807) is 6.08 Å². The summed E-state index contributed by atoms with van der Waals surface area (Å²) < 4.78 is 0. The van der Waals surface area contributed by atoms with Crippen molar-refractivity contribution in [3.05, 3.63) is 46.6 Å². The molecule has 1 aliphatic carbocycles. The molecular formula is C34H54O4. The highest BCUT2D eigenvalue weighted by Crippen LogP contribution is 2.51. The van der Waals surface area contributed by atoms with E-state index in [1.165, 1.54) is 11.1 Å². The van der Waals surface area contributed by atoms with Crippen LogP contribution in [0, 0.1) is 29.1 Å². The zero-order valence-electron chi connectivity index (χ0n) is 26.0. The Kier molecular flexibility index (Phi) is 12.8. The number of Topliss-reactive ketones (excluding diaryl/α,β-unsaturated/α-hetero) is 3. The van der Waals surface area contributed by atoms with Crippen molar-refractivity contribution in [1.29, 1.82) is 0 Å². The summed E-state index contributed by atoms with van der Waals surface area (Å²) >= 11 is 0. The van der Waals surface area contributed by atoms with Crippen molar-refractivity contribution in [2.75, 3.05) is 0 Å². The molecule has 0 saturated heterocycles. The van der Waals surface area contributed by atoms with Crippen LogP contribution in [-0.2, 0) is 14.4 Å². The maximum atomic E-state index is 14.5. The van der Waals surface area contributed by atoms with Gasteiger partial charge >= 0.3 is 0 Å². The Bertz CT molecular complexity index is 976. The monoisotopic (exact) mass is 526 g/mol. The van der Waals surface area contributed by atoms with Crippen LogP contribution >= 0.6 is 0 Å². The molecule has 0 bridgehead atoms. The first kappa shape index (κ1) is 34.0. The smallest absolute Gasteiger partial charge is 0.185 e. The zero-order valence-corrected chi connectivity index (χ0v) is 26.0. The molecule has 5 unspecified atom stereocenters. The fourth-order valence-electron chi connectivity index (χ4n) is 5.64. The highest BCUT2D eigenvalue weighted by Gasteiger charge is 2.59. The second kappa shape index (κ2) is 14.4. The molecule has 214 valence electrons. The van der Waals surface area contributed by atoms with Gasteiger partial charge in [0, 0.05) is 18.3 Å². The standard InChI is InChI=1S/C34H54O4/c1-22(2)13-12-19-33(11)28(17-15-24(5)6)21-27(16-14-23(3)4)31(36)34(38,20-18-25(7)8)32(37)29(33)30(35)26(9)10/h13-15,18,26-29,38H,12,16-17,19-21H2,1-11H3. The van der Waals surface area contributed by atoms with Crippen LogP contribution in [0.25, 0.3) is 0 Å². The summed E-state index contributed by atoms with van der Waals surface area (Å²) in [4.78, 5) is 42.5. The van der Waals surface area contributed by atoms with Crippen molar-refractivity contribution in [3.63, 3.8) is 0 Å². The van der Waals surface area contributed by atoms with Crippen molar-refractivity contribution >= 4 is 17.3 Å². The third kappa shape index (κ3) is 8.73. The molecule has 5 atom stereocenters. The number of allylic oxidation sites excluding steroid dienone is 7. The Morgan fingerprint density at radius 3 is 1.82 bits per heavy atom. The minimum atomic E-state index is -2.22. The lowest BCUT2D eigenvalue weighted by atomic mass is 9.54. The summed E-state index contributed by atoms with van der Waals surface area (Å²) in [6.45, 7) is 21.7. The largest absolute Gasteiger partial charge is 0.374 e. The quantitative estimate of drug-likeness (QED) is 0.218. The molecule has 1 saturated carbocycles. The molecule has 0 radical (unpaired) electrons. The summed E-state index contributed by atoms with van der Waals surface area (Å²) in [5.74, 6) is -3.23. The second-order valence-electron chi connectivity index (χ2n) is 13.1. The molecule has 0 spiro atoms. The number of aliphatic hydroxyl groups is 1. The highest BCUT2D eigenvalue weighted by atomic mass is 16.3. The van der Waals surface area contributed by atoms with E-state index in [0.717, 1.165) is 17.6 Å². The van der Waals surface area contributed by atoms with Gasteiger partial charge in [0.15, 0.2) is 17.2 Å². The molecule has 4 heteroatoms. The minimum Gasteiger partial charge on any atom is -0.374 e. The lowest BCUT2D eigenvalue weighted by Crippen LogP contribution is -2.60. The van der Waals surface area contributed by atoms with E-state index in [2.05, 4.69) is 46.8 Å². The molecule has 1 fully saturated rings. The Labute approximate surface area is 232 Å². The van der Waals surface area contributed by atoms with Crippen molar-refractivity contribution in [2.24, 2.45) is 29.1 Å². The SMILES string of the molecule is CC(C)=CCCC1(C)C(CC=C(C)C)CC(CC=C(C)C)C(=O)C(O)(CC=C(C)C)C(=O)C1C(=O)C(C)C. The molecule has 1 aliphatic rings. The van der Waals surface area contributed by atoms with E-state index in [-0.39, 0.29) is 24.0 Å². The molecule has 0 amide bonds. The molecule has 4 nitrogen and oxygen atoms in total. The van der Waals surface area contributed by atoms with Gasteiger partial charge in [0.2, 0.25) is 0 Å². The van der Waals surface area contributed by atoms with Crippen LogP contribution in [0.15, 0.2) is 46.6 Å². The van der Waals surface area contributed by atoms with Crippen LogP contribution in [0.1, 0.15) is 115 Å². The van der Waals surface area contributed by atoms with Gasteiger partial charge in [0.1, 0.15) is 5.78 Å². The normalized spacial score (nSPS) is 27.8.